The molecule has 1 aromatic heterocycles. The number of aromatic hydroxyl groups is 1. The van der Waals surface area contributed by atoms with Crippen molar-refractivity contribution in [3.05, 3.63) is 11.3 Å². The van der Waals surface area contributed by atoms with Crippen LogP contribution in [0.4, 0.5) is 0 Å². The molecular formula is C7H10AsNO4. The average molecular weight is 247 g/mol. The van der Waals surface area contributed by atoms with Gasteiger partial charge in [0.15, 0.2) is 0 Å². The van der Waals surface area contributed by atoms with Crippen LogP contribution in [-0.2, 0) is 10.0 Å². The van der Waals surface area contributed by atoms with Gasteiger partial charge in [-0.15, -0.1) is 0 Å². The number of hydrogen-bond donors (Lipinski definition) is 2. The monoisotopic (exact) mass is 247 g/mol. The van der Waals surface area contributed by atoms with E-state index in [4.69, 9.17) is 9.63 Å². The van der Waals surface area contributed by atoms with Gasteiger partial charge in [0.05, 0.1) is 0 Å². The number of carboxylic acids is 1. The average Bonchev–Trinajstić information content (AvgIpc) is 2.45. The Labute approximate surface area is 83.2 Å². The van der Waals surface area contributed by atoms with Crippen LogP contribution in [0.3, 0.4) is 0 Å². The van der Waals surface area contributed by atoms with Crippen molar-refractivity contribution in [1.82, 2.24) is 5.16 Å². The molecule has 1 aromatic rings. The van der Waals surface area contributed by atoms with E-state index in [1.807, 2.05) is 0 Å². The fourth-order valence-corrected chi connectivity index (χ4v) is 1.64. The molecule has 0 bridgehead atoms. The zero-order chi connectivity index (χ0) is 10.0. The van der Waals surface area contributed by atoms with E-state index in [-0.39, 0.29) is 11.4 Å². The summed E-state index contributed by atoms with van der Waals surface area (Å²) in [5.74, 6) is -1.65. The van der Waals surface area contributed by atoms with Crippen molar-refractivity contribution in [2.75, 3.05) is 0 Å². The standard InChI is InChI=1S/C7H10AsNO4/c1-3(7(11)12)5-4(2-8)13-9-6(5)10/h3H,2,8H2,1H3,(H,9,10)(H,11,12). The molecule has 0 spiro atoms. The zero-order valence-electron chi connectivity index (χ0n) is 7.02. The van der Waals surface area contributed by atoms with Gasteiger partial charge in [0.1, 0.15) is 0 Å². The first-order valence-corrected chi connectivity index (χ1v) is 5.39. The van der Waals surface area contributed by atoms with E-state index in [0.717, 1.165) is 0 Å². The van der Waals surface area contributed by atoms with Crippen molar-refractivity contribution < 1.29 is 19.5 Å². The summed E-state index contributed by atoms with van der Waals surface area (Å²) in [6, 6.07) is 0. The van der Waals surface area contributed by atoms with Gasteiger partial charge in [-0.2, -0.15) is 0 Å². The molecule has 5 nitrogen and oxygen atoms in total. The van der Waals surface area contributed by atoms with E-state index < -0.39 is 11.9 Å². The quantitative estimate of drug-likeness (QED) is 0.716. The van der Waals surface area contributed by atoms with Crippen molar-refractivity contribution >= 4 is 22.8 Å². The van der Waals surface area contributed by atoms with Crippen LogP contribution in [0.1, 0.15) is 24.2 Å². The Morgan fingerprint density at radius 2 is 2.38 bits per heavy atom. The minimum absolute atomic E-state index is 0.289. The number of carboxylic acid groups (broad SMARTS) is 1. The molecule has 0 aliphatic rings. The molecule has 0 amide bonds. The maximum absolute atomic E-state index is 10.6. The summed E-state index contributed by atoms with van der Waals surface area (Å²) >= 11 is 1.37. The van der Waals surface area contributed by atoms with E-state index in [9.17, 15) is 9.90 Å². The van der Waals surface area contributed by atoms with E-state index in [2.05, 4.69) is 5.16 Å². The third-order valence-electron chi connectivity index (χ3n) is 1.77. The molecular weight excluding hydrogens is 237 g/mol. The van der Waals surface area contributed by atoms with Gasteiger partial charge in [-0.3, -0.25) is 0 Å². The predicted molar refractivity (Wildman–Crippen MR) is 46.5 cm³/mol. The van der Waals surface area contributed by atoms with Crippen LogP contribution in [0.2, 0.25) is 0 Å². The molecule has 0 aliphatic heterocycles. The third kappa shape index (κ3) is 1.86. The Bertz CT molecular complexity index is 322. The molecule has 0 aliphatic carbocycles. The van der Waals surface area contributed by atoms with Crippen molar-refractivity contribution in [1.29, 1.82) is 0 Å². The molecule has 6 heteroatoms. The van der Waals surface area contributed by atoms with Gasteiger partial charge in [-0.25, -0.2) is 0 Å². The van der Waals surface area contributed by atoms with Crippen LogP contribution in [0.5, 0.6) is 5.88 Å². The normalized spacial score (nSPS) is 12.8. The van der Waals surface area contributed by atoms with E-state index >= 15 is 0 Å². The summed E-state index contributed by atoms with van der Waals surface area (Å²) in [5, 5.41) is 21.8. The number of aromatic nitrogens is 1. The number of rotatable bonds is 3. The minimum atomic E-state index is -0.999. The van der Waals surface area contributed by atoms with E-state index in [1.54, 1.807) is 0 Å². The fourth-order valence-electron chi connectivity index (χ4n) is 1.03. The number of hydrogen-bond acceptors (Lipinski definition) is 4. The number of aliphatic carboxylic acids is 1. The molecule has 0 saturated heterocycles. The van der Waals surface area contributed by atoms with Crippen LogP contribution in [0.15, 0.2) is 4.52 Å². The Morgan fingerprint density at radius 3 is 2.85 bits per heavy atom. The molecule has 72 valence electrons. The first-order valence-electron chi connectivity index (χ1n) is 3.68. The first kappa shape index (κ1) is 10.1. The van der Waals surface area contributed by atoms with Crippen LogP contribution < -0.4 is 0 Å². The summed E-state index contributed by atoms with van der Waals surface area (Å²) in [7, 11) is 0. The van der Waals surface area contributed by atoms with Crippen molar-refractivity contribution in [3.8, 4) is 5.88 Å². The summed E-state index contributed by atoms with van der Waals surface area (Å²) < 4.78 is 4.77. The van der Waals surface area contributed by atoms with Crippen molar-refractivity contribution in [2.24, 2.45) is 0 Å². The molecule has 0 aromatic carbocycles. The second-order valence-corrected chi connectivity index (χ2v) is 3.46. The Kier molecular flexibility index (Phi) is 2.98. The second kappa shape index (κ2) is 3.83. The molecule has 1 rings (SSSR count). The Morgan fingerprint density at radius 1 is 1.77 bits per heavy atom. The van der Waals surface area contributed by atoms with Gasteiger partial charge in [0, 0.05) is 0 Å². The van der Waals surface area contributed by atoms with Crippen LogP contribution in [0, 0.1) is 0 Å². The topological polar surface area (TPSA) is 83.6 Å². The molecule has 2 atom stereocenters. The van der Waals surface area contributed by atoms with Crippen LogP contribution in [-0.4, -0.2) is 38.2 Å². The molecule has 0 radical (unpaired) electrons. The molecule has 1 heterocycles. The third-order valence-corrected chi connectivity index (χ3v) is 2.55. The number of nitrogens with zero attached hydrogens (tertiary/aromatic N) is 1. The van der Waals surface area contributed by atoms with Gasteiger partial charge in [-0.1, -0.05) is 0 Å². The molecule has 2 N–H and O–H groups in total. The molecule has 13 heavy (non-hydrogen) atoms. The predicted octanol–water partition coefficient (Wildman–Crippen LogP) is -0.299. The van der Waals surface area contributed by atoms with Crippen LogP contribution in [0.25, 0.3) is 0 Å². The molecule has 2 unspecified atom stereocenters. The van der Waals surface area contributed by atoms with Gasteiger partial charge < -0.3 is 0 Å². The summed E-state index contributed by atoms with van der Waals surface area (Å²) in [4.78, 5) is 10.6. The SMILES string of the molecule is CC(C(=O)O)c1c(O)noc1C[AsH2]. The molecule has 0 saturated carbocycles. The van der Waals surface area contributed by atoms with Crippen molar-refractivity contribution in [3.63, 3.8) is 0 Å². The van der Waals surface area contributed by atoms with Gasteiger partial charge in [0.2, 0.25) is 0 Å². The maximum atomic E-state index is 10.6. The van der Waals surface area contributed by atoms with E-state index in [1.165, 1.54) is 23.8 Å². The van der Waals surface area contributed by atoms with Gasteiger partial charge in [-0.05, 0) is 0 Å². The first-order chi connectivity index (χ1) is 6.07. The van der Waals surface area contributed by atoms with Crippen molar-refractivity contribution in [2.45, 2.75) is 18.1 Å². The second-order valence-electron chi connectivity index (χ2n) is 2.61. The van der Waals surface area contributed by atoms with Gasteiger partial charge >= 0.3 is 82.8 Å². The van der Waals surface area contributed by atoms with Crippen LogP contribution >= 0.6 is 0 Å². The fraction of sp³-hybridized carbons (Fsp3) is 0.429. The summed E-state index contributed by atoms with van der Waals surface area (Å²) in [5.41, 5.74) is 0.289. The van der Waals surface area contributed by atoms with E-state index in [0.29, 0.717) is 11.0 Å². The molecule has 0 fully saturated rings. The summed E-state index contributed by atoms with van der Waals surface area (Å²) in [6.45, 7) is 1.49. The van der Waals surface area contributed by atoms with Gasteiger partial charge in [0.25, 0.3) is 0 Å². The zero-order valence-corrected chi connectivity index (χ0v) is 9.44. The summed E-state index contributed by atoms with van der Waals surface area (Å²) in [6.07, 6.45) is 0. The Hall–Kier alpha value is -0.962. The Balaban J connectivity index is 3.10. The number of carbonyl (C=O) groups is 1.